The van der Waals surface area contributed by atoms with Crippen molar-refractivity contribution >= 4 is 5.91 Å². The van der Waals surface area contributed by atoms with Crippen LogP contribution in [-0.2, 0) is 18.3 Å². The Morgan fingerprint density at radius 1 is 1.05 bits per heavy atom. The van der Waals surface area contributed by atoms with Crippen molar-refractivity contribution in [3.05, 3.63) is 95.3 Å². The van der Waals surface area contributed by atoms with Crippen LogP contribution in [0, 0.1) is 17.3 Å². The number of nitrogens with zero attached hydrogens (tertiary/aromatic N) is 3. The van der Waals surface area contributed by atoms with E-state index in [0.717, 1.165) is 50.9 Å². The van der Waals surface area contributed by atoms with Crippen LogP contribution in [0.3, 0.4) is 0 Å². The summed E-state index contributed by atoms with van der Waals surface area (Å²) in [7, 11) is 0. The van der Waals surface area contributed by atoms with E-state index in [1.54, 1.807) is 0 Å². The van der Waals surface area contributed by atoms with Gasteiger partial charge in [0, 0.05) is 54.5 Å². The number of amides is 1. The fourth-order valence-electron chi connectivity index (χ4n) is 10.1. The molecule has 1 aromatic heterocycles. The number of hydrogen-bond acceptors (Lipinski definition) is 4. The highest BCUT2D eigenvalue weighted by Gasteiger charge is 2.76. The van der Waals surface area contributed by atoms with Gasteiger partial charge in [-0.3, -0.25) is 14.7 Å². The Balaban J connectivity index is 1.19. The molecule has 2 saturated heterocycles. The Morgan fingerprint density at radius 3 is 2.76 bits per heavy atom. The summed E-state index contributed by atoms with van der Waals surface area (Å²) in [6.07, 6.45) is 8.54. The average Bonchev–Trinajstić information content (AvgIpc) is 3.40. The van der Waals surface area contributed by atoms with Crippen LogP contribution in [0.25, 0.3) is 0 Å². The van der Waals surface area contributed by atoms with Gasteiger partial charge in [0.05, 0.1) is 0 Å². The number of pyridine rings is 1. The molecule has 6 atom stereocenters. The molecule has 2 unspecified atom stereocenters. The van der Waals surface area contributed by atoms with Gasteiger partial charge in [-0.05, 0) is 103 Å². The lowest BCUT2D eigenvalue weighted by molar-refractivity contribution is -0.100. The second-order valence-corrected chi connectivity index (χ2v) is 12.5. The molecule has 3 aliphatic carbocycles. The van der Waals surface area contributed by atoms with Crippen LogP contribution >= 0.6 is 0 Å². The van der Waals surface area contributed by atoms with Crippen LogP contribution in [-0.4, -0.2) is 57.5 Å². The number of carbonyl (C=O) groups is 1. The highest BCUT2D eigenvalue weighted by molar-refractivity contribution is 5.94. The summed E-state index contributed by atoms with van der Waals surface area (Å²) in [5.74, 6) is 1.59. The van der Waals surface area contributed by atoms with Crippen molar-refractivity contribution in [1.29, 1.82) is 0 Å². The number of phenolic OH excluding ortho intramolecular Hbond substituents is 1. The third-order valence-corrected chi connectivity index (χ3v) is 11.2. The van der Waals surface area contributed by atoms with Crippen molar-refractivity contribution in [1.82, 2.24) is 14.8 Å². The summed E-state index contributed by atoms with van der Waals surface area (Å²) >= 11 is 0. The molecule has 2 aliphatic heterocycles. The van der Waals surface area contributed by atoms with E-state index in [0.29, 0.717) is 23.6 Å². The molecule has 5 aliphatic rings. The summed E-state index contributed by atoms with van der Waals surface area (Å²) in [5.41, 5.74) is 5.08. The zero-order valence-electron chi connectivity index (χ0n) is 21.8. The van der Waals surface area contributed by atoms with E-state index in [4.69, 9.17) is 0 Å². The maximum absolute atomic E-state index is 13.7. The highest BCUT2D eigenvalue weighted by atomic mass is 16.3. The summed E-state index contributed by atoms with van der Waals surface area (Å²) in [4.78, 5) is 23.4. The molecule has 38 heavy (non-hydrogen) atoms. The molecular formula is C33H35N3O2. The van der Waals surface area contributed by atoms with Gasteiger partial charge in [-0.25, -0.2) is 0 Å². The van der Waals surface area contributed by atoms with Crippen molar-refractivity contribution in [3.8, 4) is 5.75 Å². The lowest BCUT2D eigenvalue weighted by Crippen LogP contribution is -2.69. The predicted octanol–water partition coefficient (Wildman–Crippen LogP) is 4.84. The third kappa shape index (κ3) is 2.91. The fraction of sp³-hybridized carbons (Fsp3) is 0.455. The van der Waals surface area contributed by atoms with Gasteiger partial charge in [0.2, 0.25) is 0 Å². The number of benzene rings is 2. The van der Waals surface area contributed by atoms with Gasteiger partial charge < -0.3 is 10.0 Å². The Bertz CT molecular complexity index is 1390. The second kappa shape index (κ2) is 8.16. The first-order chi connectivity index (χ1) is 18.6. The van der Waals surface area contributed by atoms with E-state index in [9.17, 15) is 9.90 Å². The first kappa shape index (κ1) is 22.8. The number of likely N-dealkylation sites (tertiary alicyclic amines) is 2. The number of carbonyl (C=O) groups excluding carboxylic acids is 1. The van der Waals surface area contributed by atoms with Gasteiger partial charge in [0.25, 0.3) is 5.91 Å². The van der Waals surface area contributed by atoms with Crippen molar-refractivity contribution in [2.75, 3.05) is 19.6 Å². The first-order valence-corrected chi connectivity index (χ1v) is 14.4. The Hall–Kier alpha value is -3.18. The zero-order valence-corrected chi connectivity index (χ0v) is 21.8. The molecule has 0 spiro atoms. The molecule has 2 saturated carbocycles. The molecule has 3 heterocycles. The molecule has 2 aromatic carbocycles. The van der Waals surface area contributed by atoms with Crippen LogP contribution in [0.15, 0.2) is 72.9 Å². The van der Waals surface area contributed by atoms with Gasteiger partial charge in [-0.15, -0.1) is 0 Å². The van der Waals surface area contributed by atoms with Crippen molar-refractivity contribution in [2.45, 2.75) is 56.0 Å². The molecule has 3 aromatic rings. The highest BCUT2D eigenvalue weighted by Crippen LogP contribution is 2.75. The molecule has 0 radical (unpaired) electrons. The van der Waals surface area contributed by atoms with Crippen molar-refractivity contribution in [3.63, 3.8) is 0 Å². The zero-order chi connectivity index (χ0) is 25.5. The van der Waals surface area contributed by atoms with Gasteiger partial charge in [-0.2, -0.15) is 0 Å². The molecule has 8 rings (SSSR count). The SMILES string of the molecule is O=C(c1ccccc1)N1C[C@H]2C[C@@]34CCC1C2[C@@]31CCN(CCc2ccccn2)[C@@H]4Cc2ccc(O)cc21. The van der Waals surface area contributed by atoms with Gasteiger partial charge >= 0.3 is 0 Å². The van der Waals surface area contributed by atoms with E-state index in [1.165, 1.54) is 29.7 Å². The number of rotatable bonds is 4. The molecule has 1 N–H and O–H groups in total. The van der Waals surface area contributed by atoms with E-state index in [1.807, 2.05) is 48.7 Å². The number of piperidine rings is 1. The third-order valence-electron chi connectivity index (χ3n) is 11.2. The Labute approximate surface area is 224 Å². The maximum atomic E-state index is 13.7. The number of aromatic hydroxyl groups is 1. The van der Waals surface area contributed by atoms with E-state index >= 15 is 0 Å². The van der Waals surface area contributed by atoms with Crippen LogP contribution in [0.4, 0.5) is 0 Å². The minimum Gasteiger partial charge on any atom is -0.508 e. The smallest absolute Gasteiger partial charge is 0.254 e. The fourth-order valence-corrected chi connectivity index (χ4v) is 10.1. The standard InChI is InChI=1S/C33H35N3O2/c37-26-10-9-23-18-29-32-13-11-28-30(24(20-32)21-36(28)31(38)22-6-2-1-3-7-22)33(32,27(23)19-26)14-17-35(29)16-12-25-8-4-5-15-34-25/h1-10,15,19,24,28-30,37H,11-14,16-18,20-21H2/t24-,28?,29-,30?,32-,33+/m1/s1. The number of hydrogen-bond donors (Lipinski definition) is 1. The Morgan fingerprint density at radius 2 is 1.92 bits per heavy atom. The molecule has 5 heteroatoms. The van der Waals surface area contributed by atoms with Crippen molar-refractivity contribution < 1.29 is 9.90 Å². The minimum atomic E-state index is 0.0464. The average molecular weight is 506 g/mol. The first-order valence-electron chi connectivity index (χ1n) is 14.4. The topological polar surface area (TPSA) is 56.7 Å². The predicted molar refractivity (Wildman–Crippen MR) is 146 cm³/mol. The largest absolute Gasteiger partial charge is 0.508 e. The Kier molecular flexibility index (Phi) is 4.89. The van der Waals surface area contributed by atoms with Gasteiger partial charge in [0.15, 0.2) is 0 Å². The summed E-state index contributed by atoms with van der Waals surface area (Å²) in [6, 6.07) is 23.1. The molecule has 194 valence electrons. The molecule has 4 bridgehead atoms. The molecule has 1 amide bonds. The number of phenols is 1. The number of fused-ring (bicyclic) bond motifs is 1. The monoisotopic (exact) mass is 505 g/mol. The molecule has 4 fully saturated rings. The van der Waals surface area contributed by atoms with Gasteiger partial charge in [0.1, 0.15) is 5.75 Å². The molecular weight excluding hydrogens is 470 g/mol. The normalized spacial score (nSPS) is 34.6. The lowest BCUT2D eigenvalue weighted by atomic mass is 9.43. The van der Waals surface area contributed by atoms with Gasteiger partial charge in [-0.1, -0.05) is 30.3 Å². The van der Waals surface area contributed by atoms with Crippen LogP contribution in [0.5, 0.6) is 5.75 Å². The lowest BCUT2D eigenvalue weighted by Gasteiger charge is -2.66. The maximum Gasteiger partial charge on any atom is 0.254 e. The summed E-state index contributed by atoms with van der Waals surface area (Å²) in [6.45, 7) is 3.00. The number of aromatic nitrogens is 1. The summed E-state index contributed by atoms with van der Waals surface area (Å²) < 4.78 is 0. The van der Waals surface area contributed by atoms with Crippen LogP contribution in [0.2, 0.25) is 0 Å². The summed E-state index contributed by atoms with van der Waals surface area (Å²) in [5, 5.41) is 10.7. The second-order valence-electron chi connectivity index (χ2n) is 12.5. The minimum absolute atomic E-state index is 0.0464. The molecule has 5 nitrogen and oxygen atoms in total. The van der Waals surface area contributed by atoms with E-state index < -0.39 is 0 Å². The quantitative estimate of drug-likeness (QED) is 0.551. The van der Waals surface area contributed by atoms with Crippen LogP contribution < -0.4 is 0 Å². The van der Waals surface area contributed by atoms with E-state index in [-0.39, 0.29) is 22.8 Å². The van der Waals surface area contributed by atoms with E-state index in [2.05, 4.69) is 39.0 Å². The van der Waals surface area contributed by atoms with Crippen LogP contribution in [0.1, 0.15) is 52.9 Å². The van der Waals surface area contributed by atoms with Crippen molar-refractivity contribution in [2.24, 2.45) is 17.3 Å².